The summed E-state index contributed by atoms with van der Waals surface area (Å²) in [5.74, 6) is 1.66. The molecule has 5 nitrogen and oxygen atoms in total. The van der Waals surface area contributed by atoms with E-state index in [1.54, 1.807) is 0 Å². The van der Waals surface area contributed by atoms with Crippen LogP contribution in [0.2, 0.25) is 0 Å². The Morgan fingerprint density at radius 3 is 2.89 bits per heavy atom. The predicted molar refractivity (Wildman–Crippen MR) is 67.7 cm³/mol. The van der Waals surface area contributed by atoms with Crippen LogP contribution in [0.1, 0.15) is 50.3 Å². The number of nitrogens with two attached hydrogens (primary N) is 1. The SMILES string of the molecule is NC1CCCC(Oc2cc(=O)[nH]c(C3CC3)n2)C1. The topological polar surface area (TPSA) is 81.0 Å². The van der Waals surface area contributed by atoms with Crippen molar-refractivity contribution < 1.29 is 4.74 Å². The van der Waals surface area contributed by atoms with Crippen molar-refractivity contribution in [1.29, 1.82) is 0 Å². The molecule has 2 saturated carbocycles. The molecule has 0 spiro atoms. The molecule has 18 heavy (non-hydrogen) atoms. The van der Waals surface area contributed by atoms with Crippen molar-refractivity contribution in [2.75, 3.05) is 0 Å². The molecular weight excluding hydrogens is 230 g/mol. The van der Waals surface area contributed by atoms with Crippen LogP contribution in [0.4, 0.5) is 0 Å². The minimum atomic E-state index is -0.123. The molecule has 2 aliphatic rings. The molecule has 1 aromatic heterocycles. The van der Waals surface area contributed by atoms with Gasteiger partial charge in [0.25, 0.3) is 5.56 Å². The van der Waals surface area contributed by atoms with E-state index < -0.39 is 0 Å². The fraction of sp³-hybridized carbons (Fsp3) is 0.692. The van der Waals surface area contributed by atoms with Gasteiger partial charge >= 0.3 is 0 Å². The van der Waals surface area contributed by atoms with Gasteiger partial charge in [0.1, 0.15) is 11.9 Å². The maximum absolute atomic E-state index is 11.5. The van der Waals surface area contributed by atoms with Crippen molar-refractivity contribution in [3.8, 4) is 5.88 Å². The van der Waals surface area contributed by atoms with Crippen LogP contribution in [-0.4, -0.2) is 22.1 Å². The van der Waals surface area contributed by atoms with Crippen LogP contribution < -0.4 is 16.0 Å². The lowest BCUT2D eigenvalue weighted by Gasteiger charge is -2.26. The first-order valence-corrected chi connectivity index (χ1v) is 6.74. The molecule has 0 bridgehead atoms. The standard InChI is InChI=1S/C13H19N3O2/c14-9-2-1-3-10(6-9)18-12-7-11(17)15-13(16-12)8-4-5-8/h7-10H,1-6,14H2,(H,15,16,17). The summed E-state index contributed by atoms with van der Waals surface area (Å²) in [7, 11) is 0. The zero-order valence-electron chi connectivity index (χ0n) is 10.4. The zero-order valence-corrected chi connectivity index (χ0v) is 10.4. The smallest absolute Gasteiger partial charge is 0.254 e. The first kappa shape index (κ1) is 11.7. The molecule has 5 heteroatoms. The third kappa shape index (κ3) is 2.72. The Labute approximate surface area is 106 Å². The summed E-state index contributed by atoms with van der Waals surface area (Å²) < 4.78 is 5.81. The number of hydrogen-bond donors (Lipinski definition) is 2. The van der Waals surface area contributed by atoms with Crippen LogP contribution in [0, 0.1) is 0 Å². The van der Waals surface area contributed by atoms with E-state index in [0.29, 0.717) is 11.8 Å². The van der Waals surface area contributed by atoms with E-state index in [2.05, 4.69) is 9.97 Å². The van der Waals surface area contributed by atoms with Gasteiger partial charge in [-0.15, -0.1) is 0 Å². The number of aromatic amines is 1. The maximum atomic E-state index is 11.5. The average molecular weight is 249 g/mol. The lowest BCUT2D eigenvalue weighted by Crippen LogP contribution is -2.34. The minimum Gasteiger partial charge on any atom is -0.474 e. The van der Waals surface area contributed by atoms with Crippen LogP contribution in [0.5, 0.6) is 5.88 Å². The molecule has 0 amide bonds. The molecule has 1 aromatic rings. The lowest BCUT2D eigenvalue weighted by molar-refractivity contribution is 0.138. The van der Waals surface area contributed by atoms with Gasteiger partial charge < -0.3 is 15.5 Å². The molecule has 1 heterocycles. The van der Waals surface area contributed by atoms with Gasteiger partial charge in [-0.25, -0.2) is 0 Å². The highest BCUT2D eigenvalue weighted by Crippen LogP contribution is 2.38. The fourth-order valence-electron chi connectivity index (χ4n) is 2.52. The molecule has 0 aliphatic heterocycles. The highest BCUT2D eigenvalue weighted by molar-refractivity contribution is 5.14. The first-order valence-electron chi connectivity index (χ1n) is 6.74. The van der Waals surface area contributed by atoms with Gasteiger partial charge in [-0.1, -0.05) is 0 Å². The molecular formula is C13H19N3O2. The molecule has 2 atom stereocenters. The molecule has 0 radical (unpaired) electrons. The number of ether oxygens (including phenoxy) is 1. The second-order valence-corrected chi connectivity index (χ2v) is 5.41. The number of rotatable bonds is 3. The van der Waals surface area contributed by atoms with E-state index in [1.165, 1.54) is 6.07 Å². The van der Waals surface area contributed by atoms with E-state index in [4.69, 9.17) is 10.5 Å². The van der Waals surface area contributed by atoms with Gasteiger partial charge in [-0.05, 0) is 38.5 Å². The Morgan fingerprint density at radius 1 is 1.33 bits per heavy atom. The highest BCUT2D eigenvalue weighted by Gasteiger charge is 2.27. The Morgan fingerprint density at radius 2 is 2.17 bits per heavy atom. The molecule has 2 unspecified atom stereocenters. The largest absolute Gasteiger partial charge is 0.474 e. The van der Waals surface area contributed by atoms with Crippen molar-refractivity contribution in [1.82, 2.24) is 9.97 Å². The van der Waals surface area contributed by atoms with Gasteiger partial charge in [-0.2, -0.15) is 4.98 Å². The summed E-state index contributed by atoms with van der Waals surface area (Å²) in [5.41, 5.74) is 5.81. The molecule has 0 aromatic carbocycles. The quantitative estimate of drug-likeness (QED) is 0.846. The summed E-state index contributed by atoms with van der Waals surface area (Å²) in [5, 5.41) is 0. The van der Waals surface area contributed by atoms with E-state index >= 15 is 0 Å². The zero-order chi connectivity index (χ0) is 12.5. The Kier molecular flexibility index (Phi) is 3.07. The molecule has 3 N–H and O–H groups in total. The van der Waals surface area contributed by atoms with Crippen LogP contribution in [0.15, 0.2) is 10.9 Å². The van der Waals surface area contributed by atoms with Gasteiger partial charge in [0.05, 0.1) is 6.07 Å². The van der Waals surface area contributed by atoms with E-state index in [9.17, 15) is 4.79 Å². The van der Waals surface area contributed by atoms with Gasteiger partial charge in [0.2, 0.25) is 5.88 Å². The van der Waals surface area contributed by atoms with Gasteiger partial charge in [0.15, 0.2) is 0 Å². The third-order valence-electron chi connectivity index (χ3n) is 3.65. The summed E-state index contributed by atoms with van der Waals surface area (Å²) in [6.45, 7) is 0. The highest BCUT2D eigenvalue weighted by atomic mass is 16.5. The van der Waals surface area contributed by atoms with E-state index in [-0.39, 0.29) is 17.7 Å². The maximum Gasteiger partial charge on any atom is 0.254 e. The van der Waals surface area contributed by atoms with Gasteiger partial charge in [-0.3, -0.25) is 4.79 Å². The minimum absolute atomic E-state index is 0.107. The van der Waals surface area contributed by atoms with Crippen molar-refractivity contribution in [2.24, 2.45) is 5.73 Å². The number of hydrogen-bond acceptors (Lipinski definition) is 4. The number of aromatic nitrogens is 2. The number of nitrogens with zero attached hydrogens (tertiary/aromatic N) is 1. The fourth-order valence-corrected chi connectivity index (χ4v) is 2.52. The molecule has 2 fully saturated rings. The second kappa shape index (κ2) is 4.72. The van der Waals surface area contributed by atoms with Crippen molar-refractivity contribution in [3.63, 3.8) is 0 Å². The van der Waals surface area contributed by atoms with Crippen LogP contribution in [0.25, 0.3) is 0 Å². The average Bonchev–Trinajstić information content (AvgIpc) is 3.11. The summed E-state index contributed by atoms with van der Waals surface area (Å²) in [6.07, 6.45) is 6.34. The monoisotopic (exact) mass is 249 g/mol. The summed E-state index contributed by atoms with van der Waals surface area (Å²) in [4.78, 5) is 18.7. The predicted octanol–water partition coefficient (Wildman–Crippen LogP) is 1.30. The van der Waals surface area contributed by atoms with Crippen molar-refractivity contribution >= 4 is 0 Å². The second-order valence-electron chi connectivity index (χ2n) is 5.41. The van der Waals surface area contributed by atoms with Gasteiger partial charge in [0, 0.05) is 12.0 Å². The Hall–Kier alpha value is -1.36. The van der Waals surface area contributed by atoms with Crippen molar-refractivity contribution in [2.45, 2.75) is 56.6 Å². The summed E-state index contributed by atoms with van der Waals surface area (Å²) >= 11 is 0. The Bertz CT molecular complexity index is 481. The van der Waals surface area contributed by atoms with Crippen molar-refractivity contribution in [3.05, 3.63) is 22.2 Å². The normalized spacial score (nSPS) is 28.1. The first-order chi connectivity index (χ1) is 8.70. The number of nitrogens with one attached hydrogen (secondary N) is 1. The van der Waals surface area contributed by atoms with Crippen LogP contribution in [-0.2, 0) is 0 Å². The Balaban J connectivity index is 1.73. The van der Waals surface area contributed by atoms with Crippen LogP contribution in [0.3, 0.4) is 0 Å². The molecule has 3 rings (SSSR count). The number of H-pyrrole nitrogens is 1. The van der Waals surface area contributed by atoms with E-state index in [1.807, 2.05) is 0 Å². The molecule has 2 aliphatic carbocycles. The third-order valence-corrected chi connectivity index (χ3v) is 3.65. The lowest BCUT2D eigenvalue weighted by atomic mass is 9.94. The molecule has 0 saturated heterocycles. The van der Waals surface area contributed by atoms with Crippen LogP contribution >= 0.6 is 0 Å². The molecule has 98 valence electrons. The summed E-state index contributed by atoms with van der Waals surface area (Å²) in [6, 6.07) is 1.65. The van der Waals surface area contributed by atoms with E-state index in [0.717, 1.165) is 44.3 Å².